The number of aliphatic hydroxyl groups is 1. The summed E-state index contributed by atoms with van der Waals surface area (Å²) in [5.41, 5.74) is 0. The van der Waals surface area contributed by atoms with Gasteiger partial charge in [0, 0.05) is 6.00 Å². The van der Waals surface area contributed by atoms with E-state index in [0.717, 1.165) is 0 Å². The molecule has 42 valence electrons. The van der Waals surface area contributed by atoms with E-state index in [1.807, 2.05) is 0 Å². The van der Waals surface area contributed by atoms with Crippen LogP contribution in [0.25, 0.3) is 0 Å². The first-order chi connectivity index (χ1) is 3.83. The maximum atomic E-state index is 8.45. The molecule has 0 fully saturated rings. The van der Waals surface area contributed by atoms with Crippen LogP contribution in [0.5, 0.6) is 0 Å². The van der Waals surface area contributed by atoms with Gasteiger partial charge in [0.25, 0.3) is 0 Å². The van der Waals surface area contributed by atoms with Gasteiger partial charge in [0.05, 0.1) is 12.7 Å². The summed E-state index contributed by atoms with van der Waals surface area (Å²) < 4.78 is 4.93. The minimum atomic E-state index is -0.313. The van der Waals surface area contributed by atoms with Crippen molar-refractivity contribution in [3.05, 3.63) is 12.2 Å². The van der Waals surface area contributed by atoms with E-state index in [1.165, 1.54) is 0 Å². The van der Waals surface area contributed by atoms with Crippen molar-refractivity contribution in [3.8, 4) is 0 Å². The van der Waals surface area contributed by atoms with Crippen molar-refractivity contribution in [1.82, 2.24) is 0 Å². The van der Waals surface area contributed by atoms with E-state index in [1.54, 1.807) is 12.2 Å². The molecule has 1 rings (SSSR count). The minimum Gasteiger partial charge on any atom is -0.393 e. The van der Waals surface area contributed by atoms with Crippen LogP contribution in [-0.2, 0) is 4.74 Å². The molecule has 3 heteroatoms. The molecule has 0 unspecified atom stereocenters. The van der Waals surface area contributed by atoms with Gasteiger partial charge in [-0.2, -0.15) is 0 Å². The average molecular weight is 110 g/mol. The lowest BCUT2D eigenvalue weighted by Crippen LogP contribution is -2.15. The van der Waals surface area contributed by atoms with Crippen LogP contribution in [0.2, 0.25) is 0 Å². The fourth-order valence-electron chi connectivity index (χ4n) is 0.630. The fraction of sp³-hybridized carbons (Fsp3) is 0.600. The number of ether oxygens (including phenoxy) is 1. The third-order valence-corrected chi connectivity index (χ3v) is 1.03. The summed E-state index contributed by atoms with van der Waals surface area (Å²) in [5.74, 6) is 0. The van der Waals surface area contributed by atoms with Crippen molar-refractivity contribution >= 4 is 7.85 Å². The number of rotatable bonds is 1. The molecule has 1 aliphatic heterocycles. The maximum Gasteiger partial charge on any atom is 0.114 e. The van der Waals surface area contributed by atoms with E-state index in [-0.39, 0.29) is 18.7 Å². The molecule has 2 atom stereocenters. The second-order valence-corrected chi connectivity index (χ2v) is 1.71. The molecule has 2 radical (unpaired) electrons. The largest absolute Gasteiger partial charge is 0.393 e. The van der Waals surface area contributed by atoms with E-state index in [9.17, 15) is 0 Å². The Hall–Kier alpha value is -0.275. The smallest absolute Gasteiger partial charge is 0.114 e. The van der Waals surface area contributed by atoms with Gasteiger partial charge < -0.3 is 9.84 Å². The summed E-state index contributed by atoms with van der Waals surface area (Å²) >= 11 is 0. The van der Waals surface area contributed by atoms with Gasteiger partial charge in [-0.15, -0.1) is 0 Å². The Morgan fingerprint density at radius 2 is 2.38 bits per heavy atom. The van der Waals surface area contributed by atoms with E-state index in [2.05, 4.69) is 0 Å². The first-order valence-corrected chi connectivity index (χ1v) is 2.53. The third kappa shape index (κ3) is 1.11. The van der Waals surface area contributed by atoms with Crippen molar-refractivity contribution in [1.29, 1.82) is 0 Å². The summed E-state index contributed by atoms with van der Waals surface area (Å²) in [4.78, 5) is 0. The Bertz CT molecular complexity index is 103. The van der Waals surface area contributed by atoms with Crippen molar-refractivity contribution in [2.75, 3.05) is 6.61 Å². The van der Waals surface area contributed by atoms with Gasteiger partial charge in [-0.05, 0) is 0 Å². The first-order valence-electron chi connectivity index (χ1n) is 2.53. The second kappa shape index (κ2) is 2.33. The van der Waals surface area contributed by atoms with E-state index >= 15 is 0 Å². The van der Waals surface area contributed by atoms with E-state index in [4.69, 9.17) is 17.7 Å². The Morgan fingerprint density at radius 3 is 2.62 bits per heavy atom. The first kappa shape index (κ1) is 5.85. The predicted octanol–water partition coefficient (Wildman–Crippen LogP) is -0.572. The number of hydrogen-bond acceptors (Lipinski definition) is 2. The van der Waals surface area contributed by atoms with Crippen molar-refractivity contribution in [2.24, 2.45) is 0 Å². The molecule has 1 heterocycles. The molecule has 0 aromatic heterocycles. The Morgan fingerprint density at radius 1 is 1.62 bits per heavy atom. The van der Waals surface area contributed by atoms with Crippen LogP contribution in [0.1, 0.15) is 0 Å². The zero-order valence-electron chi connectivity index (χ0n) is 4.45. The summed E-state index contributed by atoms with van der Waals surface area (Å²) in [5, 5.41) is 8.45. The Balaban J connectivity index is 2.34. The molecule has 1 N–H and O–H groups in total. The van der Waals surface area contributed by atoms with E-state index < -0.39 is 0 Å². The highest BCUT2D eigenvalue weighted by Gasteiger charge is 2.12. The van der Waals surface area contributed by atoms with Crippen LogP contribution in [0, 0.1) is 0 Å². The highest BCUT2D eigenvalue weighted by Crippen LogP contribution is 2.06. The predicted molar refractivity (Wildman–Crippen MR) is 30.6 cm³/mol. The van der Waals surface area contributed by atoms with Gasteiger partial charge >= 0.3 is 0 Å². The fourth-order valence-corrected chi connectivity index (χ4v) is 0.630. The topological polar surface area (TPSA) is 29.5 Å². The van der Waals surface area contributed by atoms with Gasteiger partial charge in [0.2, 0.25) is 0 Å². The maximum absolute atomic E-state index is 8.45. The summed E-state index contributed by atoms with van der Waals surface area (Å²) in [7, 11) is 5.28. The zero-order chi connectivity index (χ0) is 5.98. The molecule has 1 aliphatic rings. The van der Waals surface area contributed by atoms with Gasteiger partial charge in [-0.1, -0.05) is 12.2 Å². The molecule has 8 heavy (non-hydrogen) atoms. The third-order valence-electron chi connectivity index (χ3n) is 1.03. The van der Waals surface area contributed by atoms with Crippen LogP contribution >= 0.6 is 0 Å². The lowest BCUT2D eigenvalue weighted by atomic mass is 10.0. The summed E-state index contributed by atoms with van der Waals surface area (Å²) in [6.45, 7) is 0.0181. The monoisotopic (exact) mass is 110 g/mol. The lowest BCUT2D eigenvalue weighted by molar-refractivity contribution is 0.0581. The van der Waals surface area contributed by atoms with Crippen molar-refractivity contribution in [2.45, 2.75) is 12.1 Å². The Labute approximate surface area is 49.6 Å². The molecule has 0 saturated carbocycles. The molecule has 0 bridgehead atoms. The summed E-state index contributed by atoms with van der Waals surface area (Å²) in [6, 6.07) is -0.313. The van der Waals surface area contributed by atoms with Crippen LogP contribution < -0.4 is 0 Å². The molecule has 0 aliphatic carbocycles. The number of hydrogen-bond donors (Lipinski definition) is 1. The highest BCUT2D eigenvalue weighted by molar-refractivity contribution is 6.12. The second-order valence-electron chi connectivity index (χ2n) is 1.71. The molecule has 0 saturated heterocycles. The quantitative estimate of drug-likeness (QED) is 0.361. The molecule has 0 spiro atoms. The van der Waals surface area contributed by atoms with Crippen LogP contribution in [-0.4, -0.2) is 31.7 Å². The molecule has 0 amide bonds. The molecular weight excluding hydrogens is 103 g/mol. The van der Waals surface area contributed by atoms with Gasteiger partial charge in [0.15, 0.2) is 0 Å². The SMILES string of the molecule is [B][C@H]1C=C[C@@H](CO)O1. The molecule has 0 aromatic rings. The Kier molecular flexibility index (Phi) is 1.71. The van der Waals surface area contributed by atoms with Gasteiger partial charge in [-0.3, -0.25) is 0 Å². The molecular formula is C5H7BO2. The van der Waals surface area contributed by atoms with Crippen LogP contribution in [0.4, 0.5) is 0 Å². The average Bonchev–Trinajstić information content (AvgIpc) is 2.14. The van der Waals surface area contributed by atoms with Crippen molar-refractivity contribution < 1.29 is 9.84 Å². The standard InChI is InChI=1S/C5H7BO2/c6-5-2-1-4(3-7)8-5/h1-2,4-5,7H,3H2/t4-,5+/m0/s1. The highest BCUT2D eigenvalue weighted by atomic mass is 16.5. The normalized spacial score (nSPS) is 36.1. The molecule has 0 aromatic carbocycles. The van der Waals surface area contributed by atoms with Gasteiger partial charge in [-0.25, -0.2) is 0 Å². The zero-order valence-corrected chi connectivity index (χ0v) is 4.45. The lowest BCUT2D eigenvalue weighted by Gasteiger charge is -2.05. The van der Waals surface area contributed by atoms with Crippen LogP contribution in [0.3, 0.4) is 0 Å². The van der Waals surface area contributed by atoms with Crippen molar-refractivity contribution in [3.63, 3.8) is 0 Å². The minimum absolute atomic E-state index is 0.0181. The van der Waals surface area contributed by atoms with Crippen LogP contribution in [0.15, 0.2) is 12.2 Å². The van der Waals surface area contributed by atoms with Gasteiger partial charge in [0.1, 0.15) is 7.85 Å². The van der Waals surface area contributed by atoms with E-state index in [0.29, 0.717) is 0 Å². The number of aliphatic hydroxyl groups excluding tert-OH is 1. The summed E-state index contributed by atoms with van der Waals surface area (Å²) in [6.07, 6.45) is 3.30. The molecule has 2 nitrogen and oxygen atoms in total.